The first-order valence-electron chi connectivity index (χ1n) is 4.66. The molecule has 1 aromatic rings. The zero-order chi connectivity index (χ0) is 13.8. The van der Waals surface area contributed by atoms with Crippen molar-refractivity contribution >= 4 is 15.9 Å². The number of aromatic nitrogens is 1. The topological polar surface area (TPSA) is 55.1 Å². The quantitative estimate of drug-likeness (QED) is 0.799. The molecule has 0 aliphatic carbocycles. The summed E-state index contributed by atoms with van der Waals surface area (Å²) in [7, 11) is 1.21. The van der Waals surface area contributed by atoms with Gasteiger partial charge in [0.25, 0.3) is 0 Å². The van der Waals surface area contributed by atoms with Gasteiger partial charge in [-0.3, -0.25) is 4.98 Å². The van der Waals surface area contributed by atoms with Crippen LogP contribution in [0.4, 0.5) is 13.2 Å². The predicted molar refractivity (Wildman–Crippen MR) is 59.4 cm³/mol. The van der Waals surface area contributed by atoms with E-state index in [0.717, 1.165) is 0 Å². The molecule has 98 valence electrons. The van der Waals surface area contributed by atoms with Crippen molar-refractivity contribution in [3.63, 3.8) is 0 Å². The molecule has 0 atom stereocenters. The number of rotatable bonds is 4. The van der Waals surface area contributed by atoms with Gasteiger partial charge < -0.3 is 9.47 Å². The number of hydrogen-bond acceptors (Lipinski definition) is 4. The number of hydrogen-bond donors (Lipinski definition) is 0. The van der Waals surface area contributed by atoms with E-state index in [2.05, 4.69) is 25.7 Å². The van der Waals surface area contributed by atoms with Gasteiger partial charge in [0.05, 0.1) is 25.3 Å². The lowest BCUT2D eigenvalue weighted by Gasteiger charge is -2.16. The third-order valence-corrected chi connectivity index (χ3v) is 2.49. The van der Waals surface area contributed by atoms with Crippen LogP contribution < -0.4 is 9.47 Å². The Morgan fingerprint density at radius 3 is 2.56 bits per heavy atom. The minimum absolute atomic E-state index is 0.0244. The van der Waals surface area contributed by atoms with E-state index in [1.54, 1.807) is 6.07 Å². The average molecular weight is 325 g/mol. The Morgan fingerprint density at radius 1 is 1.44 bits per heavy atom. The molecule has 0 saturated heterocycles. The first-order chi connectivity index (χ1) is 8.42. The SMILES string of the molecule is COc1c(CBr)ncc(CC#N)c1OC(F)(F)F. The summed E-state index contributed by atoms with van der Waals surface area (Å²) in [5.41, 5.74) is 0.287. The number of halogens is 4. The van der Waals surface area contributed by atoms with Gasteiger partial charge in [0, 0.05) is 17.1 Å². The van der Waals surface area contributed by atoms with Crippen LogP contribution in [0, 0.1) is 11.3 Å². The Bertz CT molecular complexity index is 471. The summed E-state index contributed by atoms with van der Waals surface area (Å²) in [5, 5.41) is 8.77. The number of methoxy groups -OCH3 is 1. The van der Waals surface area contributed by atoms with Gasteiger partial charge in [-0.25, -0.2) is 0 Å². The minimum atomic E-state index is -4.86. The molecule has 18 heavy (non-hydrogen) atoms. The highest BCUT2D eigenvalue weighted by Gasteiger charge is 2.34. The minimum Gasteiger partial charge on any atom is -0.491 e. The third kappa shape index (κ3) is 3.50. The molecular formula is C10H8BrF3N2O2. The van der Waals surface area contributed by atoms with Crippen molar-refractivity contribution in [3.8, 4) is 17.6 Å². The van der Waals surface area contributed by atoms with Gasteiger partial charge in [0.1, 0.15) is 0 Å². The molecule has 1 aromatic heterocycles. The van der Waals surface area contributed by atoms with Crippen LogP contribution in [0.25, 0.3) is 0 Å². The maximum atomic E-state index is 12.3. The van der Waals surface area contributed by atoms with Crippen molar-refractivity contribution in [3.05, 3.63) is 17.5 Å². The lowest BCUT2D eigenvalue weighted by Crippen LogP contribution is -2.19. The summed E-state index contributed by atoms with van der Waals surface area (Å²) in [4.78, 5) is 3.91. The molecule has 0 aliphatic heterocycles. The molecule has 0 saturated carbocycles. The predicted octanol–water partition coefficient (Wildman–Crippen LogP) is 2.95. The molecule has 0 radical (unpaired) electrons. The van der Waals surface area contributed by atoms with E-state index in [1.165, 1.54) is 13.3 Å². The summed E-state index contributed by atoms with van der Waals surface area (Å²) >= 11 is 3.08. The molecule has 0 aliphatic rings. The van der Waals surface area contributed by atoms with Gasteiger partial charge in [0.15, 0.2) is 11.5 Å². The molecule has 0 unspecified atom stereocenters. The van der Waals surface area contributed by atoms with Gasteiger partial charge in [-0.15, -0.1) is 13.2 Å². The highest BCUT2D eigenvalue weighted by Crippen LogP contribution is 2.38. The molecule has 1 rings (SSSR count). The number of pyridine rings is 1. The van der Waals surface area contributed by atoms with Crippen LogP contribution in [0.3, 0.4) is 0 Å². The van der Waals surface area contributed by atoms with Crippen LogP contribution >= 0.6 is 15.9 Å². The number of nitrogens with zero attached hydrogens (tertiary/aromatic N) is 2. The summed E-state index contributed by atoms with van der Waals surface area (Å²) < 4.78 is 45.7. The summed E-state index contributed by atoms with van der Waals surface area (Å²) in [6, 6.07) is 1.74. The van der Waals surface area contributed by atoms with Crippen molar-refractivity contribution in [1.82, 2.24) is 4.98 Å². The smallest absolute Gasteiger partial charge is 0.491 e. The fraction of sp³-hybridized carbons (Fsp3) is 0.400. The standard InChI is InChI=1S/C10H8BrF3N2O2/c1-17-9-7(4-11)16-5-6(2-3-15)8(9)18-10(12,13)14/h5H,2,4H2,1H3. The molecule has 0 bridgehead atoms. The molecule has 1 heterocycles. The molecule has 0 amide bonds. The van der Waals surface area contributed by atoms with Crippen LogP contribution in [0.2, 0.25) is 0 Å². The van der Waals surface area contributed by atoms with Crippen molar-refractivity contribution in [2.24, 2.45) is 0 Å². The van der Waals surface area contributed by atoms with Crippen molar-refractivity contribution in [1.29, 1.82) is 5.26 Å². The molecule has 0 fully saturated rings. The van der Waals surface area contributed by atoms with E-state index in [0.29, 0.717) is 0 Å². The lowest BCUT2D eigenvalue weighted by atomic mass is 10.1. The second-order valence-electron chi connectivity index (χ2n) is 3.11. The fourth-order valence-electron chi connectivity index (χ4n) is 1.29. The van der Waals surface area contributed by atoms with Gasteiger partial charge in [-0.1, -0.05) is 15.9 Å². The van der Waals surface area contributed by atoms with Crippen LogP contribution in [-0.4, -0.2) is 18.5 Å². The highest BCUT2D eigenvalue weighted by molar-refractivity contribution is 9.08. The van der Waals surface area contributed by atoms with Gasteiger partial charge in [-0.05, 0) is 0 Å². The Labute approximate surface area is 109 Å². The molecular weight excluding hydrogens is 317 g/mol. The van der Waals surface area contributed by atoms with Gasteiger partial charge in [-0.2, -0.15) is 5.26 Å². The Balaban J connectivity index is 3.34. The Morgan fingerprint density at radius 2 is 2.11 bits per heavy atom. The van der Waals surface area contributed by atoms with Crippen molar-refractivity contribution in [2.45, 2.75) is 18.1 Å². The van der Waals surface area contributed by atoms with Crippen molar-refractivity contribution < 1.29 is 22.6 Å². The molecule has 4 nitrogen and oxygen atoms in total. The molecule has 0 spiro atoms. The Kier molecular flexibility index (Phi) is 4.78. The monoisotopic (exact) mass is 324 g/mol. The lowest BCUT2D eigenvalue weighted by molar-refractivity contribution is -0.275. The van der Waals surface area contributed by atoms with E-state index in [-0.39, 0.29) is 28.8 Å². The molecule has 0 N–H and O–H groups in total. The summed E-state index contributed by atoms with van der Waals surface area (Å²) in [5.74, 6) is -0.645. The fourth-order valence-corrected chi connectivity index (χ4v) is 1.69. The second-order valence-corrected chi connectivity index (χ2v) is 3.67. The van der Waals surface area contributed by atoms with E-state index >= 15 is 0 Å². The van der Waals surface area contributed by atoms with E-state index in [4.69, 9.17) is 10.00 Å². The maximum Gasteiger partial charge on any atom is 0.573 e. The Hall–Kier alpha value is -1.49. The molecule has 8 heteroatoms. The van der Waals surface area contributed by atoms with Crippen molar-refractivity contribution in [2.75, 3.05) is 7.11 Å². The zero-order valence-electron chi connectivity index (χ0n) is 9.21. The average Bonchev–Trinajstić information content (AvgIpc) is 2.29. The third-order valence-electron chi connectivity index (χ3n) is 1.95. The van der Waals surface area contributed by atoms with Crippen LogP contribution in [0.5, 0.6) is 11.5 Å². The summed E-state index contributed by atoms with van der Waals surface area (Å²) in [6.07, 6.45) is -3.94. The number of ether oxygens (including phenoxy) is 2. The van der Waals surface area contributed by atoms with Gasteiger partial charge >= 0.3 is 6.36 Å². The van der Waals surface area contributed by atoms with Crippen LogP contribution in [0.15, 0.2) is 6.20 Å². The van der Waals surface area contributed by atoms with Crippen LogP contribution in [-0.2, 0) is 11.8 Å². The van der Waals surface area contributed by atoms with Crippen LogP contribution in [0.1, 0.15) is 11.3 Å². The second kappa shape index (κ2) is 5.91. The summed E-state index contributed by atoms with van der Waals surface area (Å²) in [6.45, 7) is 0. The first-order valence-corrected chi connectivity index (χ1v) is 5.78. The van der Waals surface area contributed by atoms with E-state index < -0.39 is 12.1 Å². The zero-order valence-corrected chi connectivity index (χ0v) is 10.8. The maximum absolute atomic E-state index is 12.3. The van der Waals surface area contributed by atoms with Gasteiger partial charge in [0.2, 0.25) is 0 Å². The van der Waals surface area contributed by atoms with E-state index in [1.807, 2.05) is 0 Å². The number of nitriles is 1. The highest BCUT2D eigenvalue weighted by atomic mass is 79.9. The largest absolute Gasteiger partial charge is 0.573 e. The van der Waals surface area contributed by atoms with E-state index in [9.17, 15) is 13.2 Å². The molecule has 0 aromatic carbocycles. The first kappa shape index (κ1) is 14.6. The normalized spacial score (nSPS) is 10.9. The number of alkyl halides is 4.